The second kappa shape index (κ2) is 9.22. The van der Waals surface area contributed by atoms with E-state index in [4.69, 9.17) is 0 Å². The molecular weight excluding hydrogens is 326 g/mol. The van der Waals surface area contributed by atoms with Gasteiger partial charge >= 0.3 is 0 Å². The molecule has 0 bridgehead atoms. The van der Waals surface area contributed by atoms with E-state index < -0.39 is 0 Å². The molecule has 1 aliphatic rings. The lowest BCUT2D eigenvalue weighted by atomic mass is 10.2. The highest BCUT2D eigenvalue weighted by Gasteiger charge is 2.10. The third-order valence-electron chi connectivity index (χ3n) is 4.78. The number of aliphatic imine (C=N–C) groups is 1. The van der Waals surface area contributed by atoms with Crippen molar-refractivity contribution in [2.45, 2.75) is 38.8 Å². The van der Waals surface area contributed by atoms with Crippen molar-refractivity contribution in [3.8, 4) is 0 Å². The monoisotopic (exact) mass is 355 g/mol. The number of nitrogens with one attached hydrogen (secondary N) is 2. The molecule has 0 aliphatic carbocycles. The standard InChI is InChI=1S/C19H29N7/c1-20-19(23-15-17-9-10-24-25(17)2)22-14-16-7-8-18(21-13-16)26-11-5-3-4-6-12-26/h7-10,13H,3-6,11-12,14-15H2,1-2H3,(H2,20,22,23). The van der Waals surface area contributed by atoms with Crippen molar-refractivity contribution in [1.82, 2.24) is 25.4 Å². The van der Waals surface area contributed by atoms with Gasteiger partial charge in [-0.05, 0) is 30.5 Å². The average Bonchev–Trinajstić information content (AvgIpc) is 2.91. The Bertz CT molecular complexity index is 697. The van der Waals surface area contributed by atoms with Gasteiger partial charge < -0.3 is 15.5 Å². The van der Waals surface area contributed by atoms with Gasteiger partial charge in [0.25, 0.3) is 0 Å². The maximum atomic E-state index is 4.66. The summed E-state index contributed by atoms with van der Waals surface area (Å²) in [5, 5.41) is 10.8. The van der Waals surface area contributed by atoms with E-state index in [0.29, 0.717) is 13.1 Å². The Kier molecular flexibility index (Phi) is 6.46. The van der Waals surface area contributed by atoms with Crippen LogP contribution in [0.3, 0.4) is 0 Å². The summed E-state index contributed by atoms with van der Waals surface area (Å²) < 4.78 is 1.85. The molecule has 2 aromatic heterocycles. The molecule has 0 saturated carbocycles. The fraction of sp³-hybridized carbons (Fsp3) is 0.526. The molecule has 0 atom stereocenters. The van der Waals surface area contributed by atoms with E-state index in [1.54, 1.807) is 13.2 Å². The van der Waals surface area contributed by atoms with Crippen LogP contribution in [0.25, 0.3) is 0 Å². The van der Waals surface area contributed by atoms with Crippen molar-refractivity contribution >= 4 is 11.8 Å². The van der Waals surface area contributed by atoms with Gasteiger partial charge in [0.15, 0.2) is 5.96 Å². The summed E-state index contributed by atoms with van der Waals surface area (Å²) in [5.74, 6) is 1.86. The predicted octanol–water partition coefficient (Wildman–Crippen LogP) is 2.06. The number of guanidine groups is 1. The van der Waals surface area contributed by atoms with Crippen LogP contribution < -0.4 is 15.5 Å². The molecule has 140 valence electrons. The first-order chi connectivity index (χ1) is 12.8. The Morgan fingerprint density at radius 1 is 1.08 bits per heavy atom. The zero-order valence-corrected chi connectivity index (χ0v) is 15.8. The molecule has 0 spiro atoms. The lowest BCUT2D eigenvalue weighted by Gasteiger charge is -2.21. The van der Waals surface area contributed by atoms with Crippen LogP contribution >= 0.6 is 0 Å². The van der Waals surface area contributed by atoms with Gasteiger partial charge in [0.2, 0.25) is 0 Å². The van der Waals surface area contributed by atoms with Crippen LogP contribution in [0, 0.1) is 0 Å². The molecule has 1 saturated heterocycles. The molecule has 7 nitrogen and oxygen atoms in total. The van der Waals surface area contributed by atoms with Gasteiger partial charge in [0.1, 0.15) is 5.82 Å². The van der Waals surface area contributed by atoms with Gasteiger partial charge in [-0.2, -0.15) is 5.10 Å². The van der Waals surface area contributed by atoms with Crippen LogP contribution in [0.4, 0.5) is 5.82 Å². The fourth-order valence-corrected chi connectivity index (χ4v) is 3.16. The minimum Gasteiger partial charge on any atom is -0.357 e. The van der Waals surface area contributed by atoms with Crippen LogP contribution in [0.15, 0.2) is 35.6 Å². The smallest absolute Gasteiger partial charge is 0.191 e. The van der Waals surface area contributed by atoms with Crippen molar-refractivity contribution in [3.63, 3.8) is 0 Å². The normalized spacial score (nSPS) is 15.6. The number of aryl methyl sites for hydroxylation is 1. The Labute approximate surface area is 155 Å². The lowest BCUT2D eigenvalue weighted by Crippen LogP contribution is -2.36. The topological polar surface area (TPSA) is 70.4 Å². The minimum atomic E-state index is 0.683. The van der Waals surface area contributed by atoms with Crippen molar-refractivity contribution in [2.75, 3.05) is 25.0 Å². The van der Waals surface area contributed by atoms with Crippen LogP contribution in [-0.2, 0) is 20.1 Å². The third kappa shape index (κ3) is 4.97. The van der Waals surface area contributed by atoms with Crippen LogP contribution in [-0.4, -0.2) is 40.9 Å². The fourth-order valence-electron chi connectivity index (χ4n) is 3.16. The number of pyridine rings is 1. The van der Waals surface area contributed by atoms with E-state index in [2.05, 4.69) is 42.7 Å². The second-order valence-corrected chi connectivity index (χ2v) is 6.65. The lowest BCUT2D eigenvalue weighted by molar-refractivity contribution is 0.684. The second-order valence-electron chi connectivity index (χ2n) is 6.65. The van der Waals surface area contributed by atoms with Crippen LogP contribution in [0.5, 0.6) is 0 Å². The molecule has 2 aromatic rings. The molecule has 0 aromatic carbocycles. The van der Waals surface area contributed by atoms with Gasteiger partial charge in [0.05, 0.1) is 12.2 Å². The molecule has 0 amide bonds. The number of rotatable bonds is 5. The van der Waals surface area contributed by atoms with E-state index in [-0.39, 0.29) is 0 Å². The van der Waals surface area contributed by atoms with Gasteiger partial charge in [-0.15, -0.1) is 0 Å². The third-order valence-corrected chi connectivity index (χ3v) is 4.78. The van der Waals surface area contributed by atoms with Gasteiger partial charge in [-0.1, -0.05) is 18.9 Å². The molecule has 1 fully saturated rings. The summed E-state index contributed by atoms with van der Waals surface area (Å²) in [6, 6.07) is 6.27. The van der Waals surface area contributed by atoms with E-state index >= 15 is 0 Å². The van der Waals surface area contributed by atoms with Gasteiger partial charge in [-0.3, -0.25) is 9.67 Å². The summed E-state index contributed by atoms with van der Waals surface area (Å²) in [6.07, 6.45) is 8.96. The number of hydrogen-bond acceptors (Lipinski definition) is 4. The van der Waals surface area contributed by atoms with E-state index in [9.17, 15) is 0 Å². The zero-order chi connectivity index (χ0) is 18.2. The number of anilines is 1. The molecule has 1 aliphatic heterocycles. The number of nitrogens with zero attached hydrogens (tertiary/aromatic N) is 5. The summed E-state index contributed by atoms with van der Waals surface area (Å²) in [6.45, 7) is 3.62. The van der Waals surface area contributed by atoms with E-state index in [1.807, 2.05) is 24.0 Å². The zero-order valence-electron chi connectivity index (χ0n) is 15.8. The summed E-state index contributed by atoms with van der Waals surface area (Å²) in [5.41, 5.74) is 2.25. The highest BCUT2D eigenvalue weighted by atomic mass is 15.3. The minimum absolute atomic E-state index is 0.683. The molecule has 26 heavy (non-hydrogen) atoms. The van der Waals surface area contributed by atoms with Crippen molar-refractivity contribution in [3.05, 3.63) is 41.9 Å². The van der Waals surface area contributed by atoms with Crippen LogP contribution in [0.1, 0.15) is 36.9 Å². The molecule has 7 heteroatoms. The molecule has 3 rings (SSSR count). The first-order valence-electron chi connectivity index (χ1n) is 9.37. The van der Waals surface area contributed by atoms with Crippen LogP contribution in [0.2, 0.25) is 0 Å². The summed E-state index contributed by atoms with van der Waals surface area (Å²) >= 11 is 0. The van der Waals surface area contributed by atoms with Crippen molar-refractivity contribution in [1.29, 1.82) is 0 Å². The maximum absolute atomic E-state index is 4.66. The maximum Gasteiger partial charge on any atom is 0.191 e. The molecule has 3 heterocycles. The number of aromatic nitrogens is 3. The first kappa shape index (κ1) is 18.2. The Balaban J connectivity index is 1.49. The van der Waals surface area contributed by atoms with Gasteiger partial charge in [-0.25, -0.2) is 4.98 Å². The van der Waals surface area contributed by atoms with E-state index in [0.717, 1.165) is 36.1 Å². The largest absolute Gasteiger partial charge is 0.357 e. The van der Waals surface area contributed by atoms with Crippen molar-refractivity contribution in [2.24, 2.45) is 12.0 Å². The quantitative estimate of drug-likeness (QED) is 0.635. The Morgan fingerprint density at radius 3 is 2.46 bits per heavy atom. The molecule has 0 radical (unpaired) electrons. The van der Waals surface area contributed by atoms with E-state index in [1.165, 1.54) is 25.7 Å². The first-order valence-corrected chi connectivity index (χ1v) is 9.37. The summed E-state index contributed by atoms with van der Waals surface area (Å²) in [7, 11) is 3.71. The van der Waals surface area contributed by atoms with Gasteiger partial charge in [0, 0.05) is 46.1 Å². The predicted molar refractivity (Wildman–Crippen MR) is 105 cm³/mol. The summed E-state index contributed by atoms with van der Waals surface area (Å²) in [4.78, 5) is 11.3. The molecular formula is C19H29N7. The number of hydrogen-bond donors (Lipinski definition) is 2. The Hall–Kier alpha value is -2.57. The molecule has 0 unspecified atom stereocenters. The molecule has 2 N–H and O–H groups in total. The highest BCUT2D eigenvalue weighted by Crippen LogP contribution is 2.17. The average molecular weight is 355 g/mol. The SMILES string of the molecule is CN=C(NCc1ccc(N2CCCCCC2)nc1)NCc1ccnn1C. The highest BCUT2D eigenvalue weighted by molar-refractivity contribution is 5.79. The Morgan fingerprint density at radius 2 is 1.85 bits per heavy atom. The van der Waals surface area contributed by atoms with Crippen molar-refractivity contribution < 1.29 is 0 Å².